The molecule has 0 spiro atoms. The third kappa shape index (κ3) is 7.18. The fourth-order valence-corrected chi connectivity index (χ4v) is 7.65. The fraction of sp³-hybridized carbons (Fsp3) is 0.484. The Morgan fingerprint density at radius 3 is 2.40 bits per heavy atom. The number of nitrogens with one attached hydrogen (secondary N) is 4. The van der Waals surface area contributed by atoms with E-state index in [1.165, 1.54) is 0 Å². The minimum atomic E-state index is -1.12. The summed E-state index contributed by atoms with van der Waals surface area (Å²) in [6.45, 7) is 0.572. The van der Waals surface area contributed by atoms with Crippen molar-refractivity contribution in [1.29, 1.82) is 0 Å². The molecule has 5 rings (SSSR count). The molecule has 4 atom stereocenters. The molecule has 2 heterocycles. The predicted octanol–water partition coefficient (Wildman–Crippen LogP) is 3.99. The standard InChI is InChI=1S/C31H38N4O6S/c36-27(15-6-5-14-26-28-25(18-42-26)33-30(39)35-28)32-16-8-7-13-24(29(37)38)34-31(40)41-17-23-21-11-3-1-9-19(21)20-10-2-4-12-22(20)23/h1-4,9-12,23-26,28H,5-8,13-18H2,(H,32,36)(H,34,40)(H,37,38)(H2,33,35,39)/t24-,25?,26+,28?/m1/s1. The van der Waals surface area contributed by atoms with Crippen molar-refractivity contribution in [3.8, 4) is 11.1 Å². The van der Waals surface area contributed by atoms with E-state index in [9.17, 15) is 24.3 Å². The first-order chi connectivity index (χ1) is 20.4. The molecule has 2 saturated heterocycles. The van der Waals surface area contributed by atoms with Gasteiger partial charge >= 0.3 is 18.1 Å². The number of carbonyl (C=O) groups excluding carboxylic acids is 3. The molecule has 0 aromatic heterocycles. The highest BCUT2D eigenvalue weighted by atomic mass is 32.2. The third-order valence-corrected chi connectivity index (χ3v) is 9.76. The number of hydrogen-bond donors (Lipinski definition) is 5. The number of ether oxygens (including phenoxy) is 1. The minimum absolute atomic E-state index is 0.0191. The van der Waals surface area contributed by atoms with E-state index in [0.717, 1.165) is 47.3 Å². The number of fused-ring (bicyclic) bond motifs is 4. The van der Waals surface area contributed by atoms with Gasteiger partial charge in [0.25, 0.3) is 0 Å². The number of hydrogen-bond acceptors (Lipinski definition) is 6. The van der Waals surface area contributed by atoms with Crippen LogP contribution in [0.3, 0.4) is 0 Å². The molecule has 3 aliphatic rings. The van der Waals surface area contributed by atoms with Crippen LogP contribution in [-0.4, -0.2) is 71.4 Å². The van der Waals surface area contributed by atoms with Crippen LogP contribution < -0.4 is 21.3 Å². The Morgan fingerprint density at radius 1 is 0.976 bits per heavy atom. The summed E-state index contributed by atoms with van der Waals surface area (Å²) in [6, 6.07) is 15.3. The first kappa shape index (κ1) is 29.8. The number of carboxylic acid groups (broad SMARTS) is 1. The Bertz CT molecular complexity index is 1260. The van der Waals surface area contributed by atoms with Crippen LogP contribution >= 0.6 is 11.8 Å². The summed E-state index contributed by atoms with van der Waals surface area (Å²) in [4.78, 5) is 48.0. The van der Waals surface area contributed by atoms with Gasteiger partial charge in [-0.1, -0.05) is 55.0 Å². The van der Waals surface area contributed by atoms with Crippen LogP contribution in [0.4, 0.5) is 9.59 Å². The van der Waals surface area contributed by atoms with Crippen molar-refractivity contribution in [3.63, 3.8) is 0 Å². The van der Waals surface area contributed by atoms with E-state index < -0.39 is 18.1 Å². The molecular formula is C31H38N4O6S. The summed E-state index contributed by atoms with van der Waals surface area (Å²) in [5.41, 5.74) is 4.42. The molecule has 5 N–H and O–H groups in total. The second kappa shape index (κ2) is 14.0. The van der Waals surface area contributed by atoms with Gasteiger partial charge in [0.15, 0.2) is 0 Å². The number of alkyl carbamates (subject to hydrolysis) is 1. The van der Waals surface area contributed by atoms with Crippen LogP contribution in [-0.2, 0) is 14.3 Å². The van der Waals surface area contributed by atoms with Gasteiger partial charge in [0.1, 0.15) is 12.6 Å². The summed E-state index contributed by atoms with van der Waals surface area (Å²) in [7, 11) is 0. The number of unbranched alkanes of at least 4 members (excludes halogenated alkanes) is 2. The lowest BCUT2D eigenvalue weighted by molar-refractivity contribution is -0.139. The lowest BCUT2D eigenvalue weighted by Gasteiger charge is -2.17. The number of carboxylic acids is 1. The van der Waals surface area contributed by atoms with Crippen LogP contribution in [0.15, 0.2) is 48.5 Å². The zero-order valence-corrected chi connectivity index (χ0v) is 24.3. The molecule has 0 bridgehead atoms. The molecular weight excluding hydrogens is 556 g/mol. The molecule has 2 aliphatic heterocycles. The zero-order chi connectivity index (χ0) is 29.5. The Morgan fingerprint density at radius 2 is 1.69 bits per heavy atom. The summed E-state index contributed by atoms with van der Waals surface area (Å²) < 4.78 is 5.49. The lowest BCUT2D eigenvalue weighted by atomic mass is 9.98. The van der Waals surface area contributed by atoms with Crippen molar-refractivity contribution in [2.24, 2.45) is 0 Å². The fourth-order valence-electron chi connectivity index (χ4n) is 6.10. The first-order valence-electron chi connectivity index (χ1n) is 14.7. The molecule has 2 fully saturated rings. The van der Waals surface area contributed by atoms with E-state index >= 15 is 0 Å². The molecule has 11 heteroatoms. The number of amides is 4. The Balaban J connectivity index is 0.954. The number of benzene rings is 2. The van der Waals surface area contributed by atoms with Crippen molar-refractivity contribution in [2.45, 2.75) is 74.2 Å². The topological polar surface area (TPSA) is 146 Å². The first-order valence-corrected chi connectivity index (χ1v) is 15.7. The maximum absolute atomic E-state index is 12.5. The van der Waals surface area contributed by atoms with Gasteiger partial charge in [0.2, 0.25) is 5.91 Å². The lowest BCUT2D eigenvalue weighted by Crippen LogP contribution is -2.41. The quantitative estimate of drug-likeness (QED) is 0.164. The molecule has 2 aromatic carbocycles. The van der Waals surface area contributed by atoms with Gasteiger partial charge in [0, 0.05) is 29.9 Å². The Hall–Kier alpha value is -3.73. The molecule has 4 amide bonds. The van der Waals surface area contributed by atoms with E-state index in [0.29, 0.717) is 31.1 Å². The smallest absolute Gasteiger partial charge is 0.407 e. The summed E-state index contributed by atoms with van der Waals surface area (Å²) in [6.07, 6.45) is 3.74. The number of carbonyl (C=O) groups is 4. The highest BCUT2D eigenvalue weighted by Crippen LogP contribution is 2.44. The van der Waals surface area contributed by atoms with Gasteiger partial charge in [-0.05, 0) is 54.4 Å². The van der Waals surface area contributed by atoms with Gasteiger partial charge in [-0.3, -0.25) is 4.79 Å². The highest BCUT2D eigenvalue weighted by molar-refractivity contribution is 8.00. The minimum Gasteiger partial charge on any atom is -0.480 e. The van der Waals surface area contributed by atoms with Gasteiger partial charge in [-0.25, -0.2) is 14.4 Å². The van der Waals surface area contributed by atoms with Crippen molar-refractivity contribution in [3.05, 3.63) is 59.7 Å². The second-order valence-corrected chi connectivity index (χ2v) is 12.3. The number of urea groups is 1. The van der Waals surface area contributed by atoms with E-state index in [2.05, 4.69) is 33.4 Å². The monoisotopic (exact) mass is 594 g/mol. The van der Waals surface area contributed by atoms with Gasteiger partial charge in [-0.2, -0.15) is 11.8 Å². The van der Waals surface area contributed by atoms with Crippen LogP contribution in [0.1, 0.15) is 62.0 Å². The molecule has 0 saturated carbocycles. The largest absolute Gasteiger partial charge is 0.480 e. The molecule has 224 valence electrons. The van der Waals surface area contributed by atoms with Crippen LogP contribution in [0.25, 0.3) is 11.1 Å². The number of rotatable bonds is 14. The predicted molar refractivity (Wildman–Crippen MR) is 160 cm³/mol. The van der Waals surface area contributed by atoms with Gasteiger partial charge in [-0.15, -0.1) is 0 Å². The van der Waals surface area contributed by atoms with Crippen molar-refractivity contribution < 1.29 is 29.0 Å². The average molecular weight is 595 g/mol. The SMILES string of the molecule is O=C(CCCC[C@@H]1SCC2NC(=O)NC21)NCCCC[C@@H](NC(=O)OCC1c2ccccc2-c2ccccc21)C(=O)O. The molecule has 1 aliphatic carbocycles. The Kier molecular flexibility index (Phi) is 9.89. The van der Waals surface area contributed by atoms with Crippen LogP contribution in [0.5, 0.6) is 0 Å². The molecule has 2 aromatic rings. The maximum Gasteiger partial charge on any atom is 0.407 e. The maximum atomic E-state index is 12.5. The van der Waals surface area contributed by atoms with Crippen molar-refractivity contribution >= 4 is 35.8 Å². The van der Waals surface area contributed by atoms with E-state index in [1.807, 2.05) is 48.2 Å². The third-order valence-electron chi connectivity index (χ3n) is 8.26. The molecule has 42 heavy (non-hydrogen) atoms. The second-order valence-electron chi connectivity index (χ2n) is 11.1. The van der Waals surface area contributed by atoms with E-state index in [1.54, 1.807) is 0 Å². The van der Waals surface area contributed by atoms with Gasteiger partial charge in [0.05, 0.1) is 12.1 Å². The Labute approximate surface area is 249 Å². The highest BCUT2D eigenvalue weighted by Gasteiger charge is 2.42. The number of thioether (sulfide) groups is 1. The average Bonchev–Trinajstić information content (AvgIpc) is 3.64. The summed E-state index contributed by atoms with van der Waals surface area (Å²) in [5, 5.41) is 21.3. The normalized spacial score (nSPS) is 21.0. The van der Waals surface area contributed by atoms with Crippen LogP contribution in [0.2, 0.25) is 0 Å². The molecule has 0 radical (unpaired) electrons. The van der Waals surface area contributed by atoms with E-state index in [4.69, 9.17) is 4.74 Å². The van der Waals surface area contributed by atoms with Crippen LogP contribution in [0, 0.1) is 0 Å². The summed E-state index contributed by atoms with van der Waals surface area (Å²) in [5.74, 6) is -0.309. The van der Waals surface area contributed by atoms with E-state index in [-0.39, 0.29) is 43.0 Å². The van der Waals surface area contributed by atoms with Gasteiger partial charge < -0.3 is 31.1 Å². The molecule has 2 unspecified atom stereocenters. The number of aliphatic carboxylic acids is 1. The summed E-state index contributed by atoms with van der Waals surface area (Å²) >= 11 is 1.87. The van der Waals surface area contributed by atoms with Crippen molar-refractivity contribution in [1.82, 2.24) is 21.3 Å². The zero-order valence-electron chi connectivity index (χ0n) is 23.5. The molecule has 10 nitrogen and oxygen atoms in total. The van der Waals surface area contributed by atoms with Crippen molar-refractivity contribution in [2.75, 3.05) is 18.9 Å².